The average Bonchev–Trinajstić information content (AvgIpc) is 3.37. The molecule has 1 aliphatic heterocycles. The molecule has 2 aromatic heterocycles. The highest BCUT2D eigenvalue weighted by Crippen LogP contribution is 2.37. The molecule has 172 valence electrons. The second-order valence-electron chi connectivity index (χ2n) is 7.76. The molecular formula is C21H18F2N4O4S2. The topological polar surface area (TPSA) is 106 Å². The highest BCUT2D eigenvalue weighted by atomic mass is 32.2. The van der Waals surface area contributed by atoms with E-state index in [1.54, 1.807) is 36.6 Å². The van der Waals surface area contributed by atoms with E-state index in [0.29, 0.717) is 11.1 Å². The number of aromatic nitrogens is 2. The standard InChI is InChI=1S/C21H18F2N4O4S2/c1-12(13-4-2-3-5-14(13)21(23)10-24-11-21)27-16-8-15(22)18(9-17(16)31-20(27)28)33(29,30)26-19-25-6-7-32-19/h2-9,12,24H,10-11H2,1H3,(H,25,26)/t12-/m1/s1. The Morgan fingerprint density at radius 2 is 2.06 bits per heavy atom. The highest BCUT2D eigenvalue weighted by Gasteiger charge is 2.41. The van der Waals surface area contributed by atoms with E-state index in [9.17, 15) is 17.6 Å². The molecule has 0 unspecified atom stereocenters. The average molecular weight is 493 g/mol. The predicted molar refractivity (Wildman–Crippen MR) is 119 cm³/mol. The molecule has 0 saturated carbocycles. The number of fused-ring (bicyclic) bond motifs is 1. The third kappa shape index (κ3) is 3.63. The van der Waals surface area contributed by atoms with Gasteiger partial charge >= 0.3 is 5.76 Å². The van der Waals surface area contributed by atoms with E-state index < -0.39 is 38.2 Å². The quantitative estimate of drug-likeness (QED) is 0.428. The summed E-state index contributed by atoms with van der Waals surface area (Å²) >= 11 is 1.04. The minimum Gasteiger partial charge on any atom is -0.408 e. The van der Waals surface area contributed by atoms with Crippen LogP contribution < -0.4 is 15.8 Å². The van der Waals surface area contributed by atoms with Crippen molar-refractivity contribution >= 4 is 37.6 Å². The zero-order chi connectivity index (χ0) is 23.4. The van der Waals surface area contributed by atoms with E-state index in [0.717, 1.165) is 23.5 Å². The number of hydrogen-bond acceptors (Lipinski definition) is 7. The monoisotopic (exact) mass is 492 g/mol. The van der Waals surface area contributed by atoms with E-state index in [-0.39, 0.29) is 29.3 Å². The van der Waals surface area contributed by atoms with Gasteiger partial charge in [0.2, 0.25) is 0 Å². The number of nitrogens with zero attached hydrogens (tertiary/aromatic N) is 2. The summed E-state index contributed by atoms with van der Waals surface area (Å²) in [4.78, 5) is 15.9. The Morgan fingerprint density at radius 1 is 1.30 bits per heavy atom. The molecule has 4 aromatic rings. The van der Waals surface area contributed by atoms with Gasteiger partial charge in [0, 0.05) is 36.8 Å². The van der Waals surface area contributed by atoms with Crippen molar-refractivity contribution in [3.05, 3.63) is 75.5 Å². The van der Waals surface area contributed by atoms with Crippen LogP contribution in [0.25, 0.3) is 11.1 Å². The highest BCUT2D eigenvalue weighted by molar-refractivity contribution is 7.93. The first kappa shape index (κ1) is 21.7. The number of halogens is 2. The number of nitrogens with one attached hydrogen (secondary N) is 2. The lowest BCUT2D eigenvalue weighted by Crippen LogP contribution is -2.54. The van der Waals surface area contributed by atoms with Gasteiger partial charge in [0.05, 0.1) is 11.6 Å². The summed E-state index contributed by atoms with van der Waals surface area (Å²) in [5, 5.41) is 4.55. The smallest absolute Gasteiger partial charge is 0.408 e. The van der Waals surface area contributed by atoms with Crippen LogP contribution in [-0.2, 0) is 15.7 Å². The molecule has 33 heavy (non-hydrogen) atoms. The summed E-state index contributed by atoms with van der Waals surface area (Å²) in [6.07, 6.45) is 1.40. The molecule has 3 heterocycles. The van der Waals surface area contributed by atoms with Crippen molar-refractivity contribution < 1.29 is 21.6 Å². The number of alkyl halides is 1. The van der Waals surface area contributed by atoms with Crippen LogP contribution in [0.3, 0.4) is 0 Å². The van der Waals surface area contributed by atoms with Gasteiger partial charge in [-0.05, 0) is 18.1 Å². The maximum atomic E-state index is 15.2. The Kier molecular flexibility index (Phi) is 5.10. The van der Waals surface area contributed by atoms with Crippen molar-refractivity contribution in [1.82, 2.24) is 14.9 Å². The van der Waals surface area contributed by atoms with Crippen LogP contribution in [0.2, 0.25) is 0 Å². The molecule has 2 aromatic carbocycles. The lowest BCUT2D eigenvalue weighted by Gasteiger charge is -2.37. The zero-order valence-electron chi connectivity index (χ0n) is 17.2. The summed E-state index contributed by atoms with van der Waals surface area (Å²) in [7, 11) is -4.31. The normalized spacial score (nSPS) is 16.5. The summed E-state index contributed by atoms with van der Waals surface area (Å²) in [5.41, 5.74) is -0.626. The molecule has 0 radical (unpaired) electrons. The van der Waals surface area contributed by atoms with Crippen LogP contribution in [-0.4, -0.2) is 31.1 Å². The number of benzene rings is 2. The van der Waals surface area contributed by atoms with Gasteiger partial charge in [0.15, 0.2) is 16.4 Å². The Labute approximate surface area is 190 Å². The van der Waals surface area contributed by atoms with Gasteiger partial charge < -0.3 is 9.73 Å². The third-order valence-electron chi connectivity index (χ3n) is 5.70. The van der Waals surface area contributed by atoms with Crippen molar-refractivity contribution in [2.75, 3.05) is 17.8 Å². The molecule has 8 nitrogen and oxygen atoms in total. The van der Waals surface area contributed by atoms with Crippen LogP contribution in [0, 0.1) is 5.82 Å². The Morgan fingerprint density at radius 3 is 2.73 bits per heavy atom. The van der Waals surface area contributed by atoms with Crippen molar-refractivity contribution in [2.45, 2.75) is 23.5 Å². The molecule has 12 heteroatoms. The lowest BCUT2D eigenvalue weighted by atomic mass is 9.84. The van der Waals surface area contributed by atoms with Gasteiger partial charge in [-0.25, -0.2) is 27.0 Å². The van der Waals surface area contributed by atoms with E-state index in [1.807, 2.05) is 0 Å². The summed E-state index contributed by atoms with van der Waals surface area (Å²) in [6.45, 7) is 1.98. The maximum absolute atomic E-state index is 15.2. The van der Waals surface area contributed by atoms with Gasteiger partial charge in [0.25, 0.3) is 10.0 Å². The Hall–Kier alpha value is -3.09. The first-order valence-electron chi connectivity index (χ1n) is 9.95. The fourth-order valence-corrected chi connectivity index (χ4v) is 5.86. The van der Waals surface area contributed by atoms with E-state index in [4.69, 9.17) is 4.42 Å². The van der Waals surface area contributed by atoms with E-state index in [1.165, 1.54) is 10.8 Å². The van der Waals surface area contributed by atoms with Gasteiger partial charge in [-0.1, -0.05) is 24.3 Å². The molecule has 2 N–H and O–H groups in total. The number of anilines is 1. The number of rotatable bonds is 6. The summed E-state index contributed by atoms with van der Waals surface area (Å²) < 4.78 is 64.1. The molecule has 1 fully saturated rings. The summed E-state index contributed by atoms with van der Waals surface area (Å²) in [5.74, 6) is -1.87. The SMILES string of the molecule is C[C@H](c1ccccc1C1(F)CNC1)n1c(=O)oc2cc(S(=O)(=O)Nc3nccs3)c(F)cc21. The second kappa shape index (κ2) is 7.75. The van der Waals surface area contributed by atoms with Crippen molar-refractivity contribution in [1.29, 1.82) is 0 Å². The molecule has 5 rings (SSSR count). The molecule has 0 spiro atoms. The molecule has 0 aliphatic carbocycles. The van der Waals surface area contributed by atoms with Crippen molar-refractivity contribution in [2.24, 2.45) is 0 Å². The molecule has 1 aliphatic rings. The van der Waals surface area contributed by atoms with Gasteiger partial charge in [-0.3, -0.25) is 9.29 Å². The summed E-state index contributed by atoms with van der Waals surface area (Å²) in [6, 6.07) is 8.02. The van der Waals surface area contributed by atoms with Gasteiger partial charge in [-0.15, -0.1) is 11.3 Å². The predicted octanol–water partition coefficient (Wildman–Crippen LogP) is 3.37. The fraction of sp³-hybridized carbons (Fsp3) is 0.238. The van der Waals surface area contributed by atoms with Gasteiger partial charge in [-0.2, -0.15) is 0 Å². The van der Waals surface area contributed by atoms with Crippen LogP contribution in [0.1, 0.15) is 24.1 Å². The molecule has 1 atom stereocenters. The molecule has 1 saturated heterocycles. The van der Waals surface area contributed by atoms with Crippen molar-refractivity contribution in [3.8, 4) is 0 Å². The second-order valence-corrected chi connectivity index (χ2v) is 10.3. The molecule has 0 amide bonds. The minimum absolute atomic E-state index is 0.0626. The first-order valence-corrected chi connectivity index (χ1v) is 12.3. The Bertz CT molecular complexity index is 1510. The fourth-order valence-electron chi connectivity index (χ4n) is 4.00. The maximum Gasteiger partial charge on any atom is 0.420 e. The minimum atomic E-state index is -4.31. The number of sulfonamides is 1. The van der Waals surface area contributed by atoms with E-state index in [2.05, 4.69) is 15.0 Å². The molecular weight excluding hydrogens is 474 g/mol. The zero-order valence-corrected chi connectivity index (χ0v) is 18.8. The van der Waals surface area contributed by atoms with Crippen LogP contribution in [0.4, 0.5) is 13.9 Å². The largest absolute Gasteiger partial charge is 0.420 e. The number of thiazole rings is 1. The van der Waals surface area contributed by atoms with Crippen molar-refractivity contribution in [3.63, 3.8) is 0 Å². The Balaban J connectivity index is 1.60. The van der Waals surface area contributed by atoms with Crippen LogP contribution >= 0.6 is 11.3 Å². The van der Waals surface area contributed by atoms with Gasteiger partial charge in [0.1, 0.15) is 10.7 Å². The lowest BCUT2D eigenvalue weighted by molar-refractivity contribution is 0.0875. The third-order valence-corrected chi connectivity index (χ3v) is 7.87. The number of oxazole rings is 1. The van der Waals surface area contributed by atoms with Crippen LogP contribution in [0.15, 0.2) is 62.1 Å². The van der Waals surface area contributed by atoms with E-state index >= 15 is 4.39 Å². The van der Waals surface area contributed by atoms with Crippen LogP contribution in [0.5, 0.6) is 0 Å². The first-order chi connectivity index (χ1) is 15.7. The molecule has 0 bridgehead atoms. The number of hydrogen-bond donors (Lipinski definition) is 2.